The van der Waals surface area contributed by atoms with Crippen molar-refractivity contribution >= 4 is 22.8 Å². The van der Waals surface area contributed by atoms with Gasteiger partial charge in [-0.3, -0.25) is 4.79 Å². The third kappa shape index (κ3) is 4.16. The van der Waals surface area contributed by atoms with Crippen molar-refractivity contribution in [2.75, 3.05) is 13.7 Å². The fourth-order valence-electron chi connectivity index (χ4n) is 2.46. The number of pyridine rings is 1. The van der Waals surface area contributed by atoms with Gasteiger partial charge >= 0.3 is 5.97 Å². The number of fused-ring (bicyclic) bond motifs is 1. The number of hydrogen-bond acceptors (Lipinski definition) is 5. The number of methoxy groups -OCH3 is 1. The van der Waals surface area contributed by atoms with E-state index in [1.165, 1.54) is 13.2 Å². The summed E-state index contributed by atoms with van der Waals surface area (Å²) in [6.07, 6.45) is 0. The number of amides is 1. The molecule has 6 heteroatoms. The number of para-hydroxylation sites is 1. The fourth-order valence-corrected chi connectivity index (χ4v) is 2.46. The molecule has 2 aromatic carbocycles. The highest BCUT2D eigenvalue weighted by molar-refractivity contribution is 5.94. The van der Waals surface area contributed by atoms with Crippen molar-refractivity contribution in [1.29, 1.82) is 0 Å². The lowest BCUT2D eigenvalue weighted by Crippen LogP contribution is -2.28. The highest BCUT2D eigenvalue weighted by atomic mass is 16.5. The second-order valence-corrected chi connectivity index (χ2v) is 5.57. The molecule has 1 N–H and O–H groups in total. The van der Waals surface area contributed by atoms with Gasteiger partial charge in [0.1, 0.15) is 5.75 Å². The molecule has 1 heterocycles. The van der Waals surface area contributed by atoms with Crippen LogP contribution in [0.2, 0.25) is 0 Å². The quantitative estimate of drug-likeness (QED) is 0.692. The van der Waals surface area contributed by atoms with Crippen molar-refractivity contribution < 1.29 is 19.1 Å². The summed E-state index contributed by atoms with van der Waals surface area (Å²) in [5.41, 5.74) is 1.73. The van der Waals surface area contributed by atoms with Crippen LogP contribution in [0.4, 0.5) is 0 Å². The van der Waals surface area contributed by atoms with E-state index >= 15 is 0 Å². The minimum Gasteiger partial charge on any atom is -0.483 e. The van der Waals surface area contributed by atoms with Gasteiger partial charge in [0.15, 0.2) is 12.3 Å². The van der Waals surface area contributed by atoms with Gasteiger partial charge in [-0.15, -0.1) is 0 Å². The van der Waals surface area contributed by atoms with Crippen LogP contribution in [0, 0.1) is 0 Å². The average Bonchev–Trinajstić information content (AvgIpc) is 2.70. The molecule has 1 aromatic heterocycles. The van der Waals surface area contributed by atoms with Crippen LogP contribution >= 0.6 is 0 Å². The Bertz CT molecular complexity index is 926. The molecule has 0 aliphatic carbocycles. The Morgan fingerprint density at radius 1 is 1.04 bits per heavy atom. The number of ether oxygens (including phenoxy) is 2. The van der Waals surface area contributed by atoms with Gasteiger partial charge in [-0.2, -0.15) is 0 Å². The Balaban J connectivity index is 1.71. The molecule has 26 heavy (non-hydrogen) atoms. The number of nitrogens with zero attached hydrogens (tertiary/aromatic N) is 1. The van der Waals surface area contributed by atoms with Gasteiger partial charge in [-0.05, 0) is 17.7 Å². The minimum absolute atomic E-state index is 0.130. The van der Waals surface area contributed by atoms with Crippen molar-refractivity contribution in [1.82, 2.24) is 10.3 Å². The Morgan fingerprint density at radius 2 is 1.77 bits per heavy atom. The Labute approximate surface area is 150 Å². The van der Waals surface area contributed by atoms with Gasteiger partial charge in [0.05, 0.1) is 12.6 Å². The van der Waals surface area contributed by atoms with E-state index in [9.17, 15) is 9.59 Å². The molecular weight excluding hydrogens is 332 g/mol. The Kier molecular flexibility index (Phi) is 5.43. The molecule has 0 bridgehead atoms. The highest BCUT2D eigenvalue weighted by Gasteiger charge is 2.14. The van der Waals surface area contributed by atoms with Crippen molar-refractivity contribution in [2.24, 2.45) is 0 Å². The zero-order valence-corrected chi connectivity index (χ0v) is 14.3. The van der Waals surface area contributed by atoms with Gasteiger partial charge in [0.2, 0.25) is 0 Å². The maximum Gasteiger partial charge on any atom is 0.356 e. The lowest BCUT2D eigenvalue weighted by molar-refractivity contribution is -0.123. The maximum atomic E-state index is 12.1. The van der Waals surface area contributed by atoms with Crippen LogP contribution in [-0.4, -0.2) is 30.6 Å². The van der Waals surface area contributed by atoms with Crippen LogP contribution in [0.1, 0.15) is 16.1 Å². The molecule has 0 atom stereocenters. The topological polar surface area (TPSA) is 77.5 Å². The van der Waals surface area contributed by atoms with Crippen LogP contribution in [0.25, 0.3) is 10.9 Å². The first-order chi connectivity index (χ1) is 12.7. The summed E-state index contributed by atoms with van der Waals surface area (Å²) in [5, 5.41) is 3.51. The molecule has 0 saturated carbocycles. The number of nitrogens with one attached hydrogen (secondary N) is 1. The van der Waals surface area contributed by atoms with E-state index in [1.807, 2.05) is 48.5 Å². The third-order valence-corrected chi connectivity index (χ3v) is 3.76. The Hall–Kier alpha value is -3.41. The van der Waals surface area contributed by atoms with Crippen LogP contribution in [0.15, 0.2) is 60.7 Å². The first kappa shape index (κ1) is 17.4. The summed E-state index contributed by atoms with van der Waals surface area (Å²) in [5.74, 6) is -0.408. The first-order valence-corrected chi connectivity index (χ1v) is 8.09. The molecule has 0 radical (unpaired) electrons. The predicted molar refractivity (Wildman–Crippen MR) is 96.9 cm³/mol. The van der Waals surface area contributed by atoms with Gasteiger partial charge in [-0.1, -0.05) is 42.5 Å². The summed E-state index contributed by atoms with van der Waals surface area (Å²) in [6.45, 7) is 0.259. The highest BCUT2D eigenvalue weighted by Crippen LogP contribution is 2.25. The van der Waals surface area contributed by atoms with E-state index < -0.39 is 5.97 Å². The van der Waals surface area contributed by atoms with Crippen molar-refractivity contribution in [3.8, 4) is 5.75 Å². The first-order valence-electron chi connectivity index (χ1n) is 8.09. The molecule has 0 aliphatic rings. The van der Waals surface area contributed by atoms with E-state index in [0.29, 0.717) is 17.8 Å². The smallest absolute Gasteiger partial charge is 0.356 e. The molecule has 0 fully saturated rings. The lowest BCUT2D eigenvalue weighted by Gasteiger charge is -2.11. The van der Waals surface area contributed by atoms with Crippen molar-refractivity contribution in [2.45, 2.75) is 6.54 Å². The number of esters is 1. The van der Waals surface area contributed by atoms with Crippen molar-refractivity contribution in [3.05, 3.63) is 71.9 Å². The molecule has 0 spiro atoms. The molecule has 6 nitrogen and oxygen atoms in total. The number of carbonyl (C=O) groups is 2. The molecule has 1 amide bonds. The molecule has 3 rings (SSSR count). The summed E-state index contributed by atoms with van der Waals surface area (Å²) >= 11 is 0. The summed E-state index contributed by atoms with van der Waals surface area (Å²) in [7, 11) is 1.29. The number of rotatable bonds is 6. The van der Waals surface area contributed by atoms with E-state index in [1.54, 1.807) is 6.07 Å². The molecule has 0 saturated heterocycles. The second kappa shape index (κ2) is 8.11. The fraction of sp³-hybridized carbons (Fsp3) is 0.150. The molecule has 0 aliphatic heterocycles. The largest absolute Gasteiger partial charge is 0.483 e. The van der Waals surface area contributed by atoms with E-state index in [-0.39, 0.29) is 18.2 Å². The number of benzene rings is 2. The SMILES string of the molecule is COC(=O)c1cc(OCC(=O)NCc2ccccc2)c2ccccc2n1. The van der Waals surface area contributed by atoms with Crippen LogP contribution in [0.5, 0.6) is 5.75 Å². The normalized spacial score (nSPS) is 10.3. The number of hydrogen-bond donors (Lipinski definition) is 1. The van der Waals surface area contributed by atoms with Crippen molar-refractivity contribution in [3.63, 3.8) is 0 Å². The molecule has 132 valence electrons. The van der Waals surface area contributed by atoms with Crippen LogP contribution in [0.3, 0.4) is 0 Å². The molecule has 3 aromatic rings. The molecular formula is C20H18N2O4. The summed E-state index contributed by atoms with van der Waals surface area (Å²) in [4.78, 5) is 28.1. The Morgan fingerprint density at radius 3 is 2.54 bits per heavy atom. The van der Waals surface area contributed by atoms with E-state index in [4.69, 9.17) is 9.47 Å². The standard InChI is InChI=1S/C20H18N2O4/c1-25-20(24)17-11-18(15-9-5-6-10-16(15)22-17)26-13-19(23)21-12-14-7-3-2-4-8-14/h2-11H,12-13H2,1H3,(H,21,23). The summed E-state index contributed by atoms with van der Waals surface area (Å²) < 4.78 is 10.4. The van der Waals surface area contributed by atoms with Gasteiger partial charge in [-0.25, -0.2) is 9.78 Å². The minimum atomic E-state index is -0.561. The average molecular weight is 350 g/mol. The molecule has 0 unspecified atom stereocenters. The van der Waals surface area contributed by atoms with E-state index in [0.717, 1.165) is 10.9 Å². The predicted octanol–water partition coefficient (Wildman–Crippen LogP) is 2.72. The number of carbonyl (C=O) groups excluding carboxylic acids is 2. The maximum absolute atomic E-state index is 12.1. The zero-order valence-electron chi connectivity index (χ0n) is 14.3. The third-order valence-electron chi connectivity index (χ3n) is 3.76. The van der Waals surface area contributed by atoms with Crippen LogP contribution in [-0.2, 0) is 16.1 Å². The van der Waals surface area contributed by atoms with E-state index in [2.05, 4.69) is 10.3 Å². The zero-order chi connectivity index (χ0) is 18.4. The van der Waals surface area contributed by atoms with Crippen LogP contribution < -0.4 is 10.1 Å². The van der Waals surface area contributed by atoms with Gasteiger partial charge in [0, 0.05) is 18.0 Å². The van der Waals surface area contributed by atoms with Gasteiger partial charge in [0.25, 0.3) is 5.91 Å². The number of aromatic nitrogens is 1. The monoisotopic (exact) mass is 350 g/mol. The second-order valence-electron chi connectivity index (χ2n) is 5.57. The lowest BCUT2D eigenvalue weighted by atomic mass is 10.2. The summed E-state index contributed by atoms with van der Waals surface area (Å²) in [6, 6.07) is 18.3. The van der Waals surface area contributed by atoms with Gasteiger partial charge < -0.3 is 14.8 Å².